The van der Waals surface area contributed by atoms with Gasteiger partial charge in [-0.1, -0.05) is 119 Å². The summed E-state index contributed by atoms with van der Waals surface area (Å²) in [6, 6.07) is 60.0. The number of rotatable bonds is 9. The Morgan fingerprint density at radius 3 is 0.860 bits per heavy atom. The monoisotopic (exact) mass is 669 g/mol. The van der Waals surface area contributed by atoms with Gasteiger partial charge in [-0.25, -0.2) is 0 Å². The van der Waals surface area contributed by atoms with Crippen molar-refractivity contribution in [2.24, 2.45) is 0 Å². The van der Waals surface area contributed by atoms with E-state index in [0.717, 1.165) is 51.2 Å². The minimum Gasteiger partial charge on any atom is -0.310 e. The molecule has 0 fully saturated rings. The number of aryl methyl sites for hydroxylation is 4. The van der Waals surface area contributed by atoms with Gasteiger partial charge < -0.3 is 14.7 Å². The smallest absolute Gasteiger partial charge is 0.0888 e. The fourth-order valence-corrected chi connectivity index (χ4v) is 6.54. The van der Waals surface area contributed by atoms with Crippen molar-refractivity contribution >= 4 is 62.8 Å². The minimum atomic E-state index is 0.635. The van der Waals surface area contributed by atoms with Crippen molar-refractivity contribution in [3.63, 3.8) is 0 Å². The van der Waals surface area contributed by atoms with E-state index in [0.29, 0.717) is 5.02 Å². The van der Waals surface area contributed by atoms with E-state index >= 15 is 0 Å². The third-order valence-corrected chi connectivity index (χ3v) is 9.34. The van der Waals surface area contributed by atoms with Crippen LogP contribution in [0.5, 0.6) is 0 Å². The highest BCUT2D eigenvalue weighted by Crippen LogP contribution is 2.50. The van der Waals surface area contributed by atoms with Gasteiger partial charge in [-0.05, 0) is 113 Å². The van der Waals surface area contributed by atoms with Crippen LogP contribution < -0.4 is 14.7 Å². The molecule has 7 rings (SSSR count). The average Bonchev–Trinajstić information content (AvgIpc) is 3.14. The maximum Gasteiger partial charge on any atom is 0.0888 e. The lowest BCUT2D eigenvalue weighted by atomic mass is 10.1. The lowest BCUT2D eigenvalue weighted by Crippen LogP contribution is -2.17. The number of para-hydroxylation sites is 2. The van der Waals surface area contributed by atoms with Gasteiger partial charge in [0, 0.05) is 34.1 Å². The van der Waals surface area contributed by atoms with Crippen LogP contribution in [-0.4, -0.2) is 0 Å². The fourth-order valence-electron chi connectivity index (χ4n) is 6.27. The van der Waals surface area contributed by atoms with E-state index in [2.05, 4.69) is 200 Å². The van der Waals surface area contributed by atoms with E-state index in [1.165, 1.54) is 22.3 Å². The Bertz CT molecular complexity index is 2050. The van der Waals surface area contributed by atoms with Crippen LogP contribution in [0.1, 0.15) is 22.3 Å². The second kappa shape index (κ2) is 14.4. The van der Waals surface area contributed by atoms with Crippen LogP contribution in [0.4, 0.5) is 51.2 Å². The molecule has 50 heavy (non-hydrogen) atoms. The normalized spacial score (nSPS) is 10.9. The van der Waals surface area contributed by atoms with Gasteiger partial charge in [-0.3, -0.25) is 0 Å². The van der Waals surface area contributed by atoms with Crippen LogP contribution in [0.3, 0.4) is 0 Å². The van der Waals surface area contributed by atoms with Crippen molar-refractivity contribution in [2.45, 2.75) is 27.7 Å². The van der Waals surface area contributed by atoms with Gasteiger partial charge in [-0.2, -0.15) is 0 Å². The number of anilines is 9. The molecule has 0 amide bonds. The van der Waals surface area contributed by atoms with Crippen molar-refractivity contribution in [1.82, 2.24) is 0 Å². The Balaban J connectivity index is 1.57. The van der Waals surface area contributed by atoms with Crippen LogP contribution in [0.15, 0.2) is 170 Å². The molecule has 0 aliphatic rings. The Hall–Kier alpha value is -5.77. The van der Waals surface area contributed by atoms with E-state index in [9.17, 15) is 0 Å². The number of hydrogen-bond donors (Lipinski definition) is 0. The van der Waals surface area contributed by atoms with Crippen LogP contribution in [-0.2, 0) is 0 Å². The summed E-state index contributed by atoms with van der Waals surface area (Å²) < 4.78 is 0. The molecule has 0 aliphatic heterocycles. The molecule has 0 unspecified atom stereocenters. The first-order valence-electron chi connectivity index (χ1n) is 17.0. The van der Waals surface area contributed by atoms with E-state index in [4.69, 9.17) is 11.6 Å². The van der Waals surface area contributed by atoms with E-state index in [-0.39, 0.29) is 0 Å². The van der Waals surface area contributed by atoms with Gasteiger partial charge in [0.25, 0.3) is 0 Å². The maximum absolute atomic E-state index is 7.77. The molecule has 0 N–H and O–H groups in total. The van der Waals surface area contributed by atoms with Gasteiger partial charge >= 0.3 is 0 Å². The molecule has 0 radical (unpaired) electrons. The Morgan fingerprint density at radius 2 is 0.560 bits per heavy atom. The summed E-state index contributed by atoms with van der Waals surface area (Å²) in [6.45, 7) is 8.48. The van der Waals surface area contributed by atoms with Crippen molar-refractivity contribution in [2.75, 3.05) is 14.7 Å². The van der Waals surface area contributed by atoms with Crippen molar-refractivity contribution in [3.8, 4) is 0 Å². The summed E-state index contributed by atoms with van der Waals surface area (Å²) in [7, 11) is 0. The molecule has 0 aliphatic carbocycles. The van der Waals surface area contributed by atoms with Gasteiger partial charge in [0.05, 0.1) is 22.1 Å². The zero-order valence-electron chi connectivity index (χ0n) is 28.9. The standard InChI is InChI=1S/C46H40ClN3/c1-33-15-23-39(24-16-33)48(40-25-17-34(2)18-26-40)43-31-44(49(37-11-7-5-8-12-37)38-13-9-6-10-14-38)46(47)45(32-43)50(41-27-19-35(3)20-28-41)42-29-21-36(4)22-30-42/h5-32H,1-4H3. The highest BCUT2D eigenvalue weighted by atomic mass is 35.5. The molecule has 0 saturated carbocycles. The SMILES string of the molecule is Cc1ccc(N(c2ccc(C)cc2)c2cc(N(c3ccccc3)c3ccccc3)c(Cl)c(N(c3ccc(C)cc3)c3ccc(C)cc3)c2)cc1. The highest BCUT2D eigenvalue weighted by molar-refractivity contribution is 6.37. The van der Waals surface area contributed by atoms with E-state index in [1.807, 2.05) is 12.1 Å². The quantitative estimate of drug-likeness (QED) is 0.151. The molecular weight excluding hydrogens is 630 g/mol. The van der Waals surface area contributed by atoms with Gasteiger partial charge in [0.15, 0.2) is 0 Å². The predicted octanol–water partition coefficient (Wildman–Crippen LogP) is 14.0. The van der Waals surface area contributed by atoms with E-state index < -0.39 is 0 Å². The van der Waals surface area contributed by atoms with Crippen molar-refractivity contribution in [1.29, 1.82) is 0 Å². The third kappa shape index (κ3) is 6.87. The molecule has 0 saturated heterocycles. The molecule has 3 nitrogen and oxygen atoms in total. The summed E-state index contributed by atoms with van der Waals surface area (Å²) in [5.74, 6) is 0. The van der Waals surface area contributed by atoms with Crippen molar-refractivity contribution in [3.05, 3.63) is 197 Å². The Labute approximate surface area is 301 Å². The first kappa shape index (κ1) is 32.8. The third-order valence-electron chi connectivity index (χ3n) is 8.96. The first-order chi connectivity index (χ1) is 24.4. The Morgan fingerprint density at radius 1 is 0.300 bits per heavy atom. The van der Waals surface area contributed by atoms with Gasteiger partial charge in [0.1, 0.15) is 0 Å². The molecule has 0 spiro atoms. The molecule has 0 aromatic heterocycles. The fraction of sp³-hybridized carbons (Fsp3) is 0.0870. The number of hydrogen-bond acceptors (Lipinski definition) is 3. The molecular formula is C46H40ClN3. The van der Waals surface area contributed by atoms with E-state index in [1.54, 1.807) is 0 Å². The number of halogens is 1. The summed E-state index contributed by atoms with van der Waals surface area (Å²) >= 11 is 7.77. The van der Waals surface area contributed by atoms with Crippen molar-refractivity contribution < 1.29 is 0 Å². The lowest BCUT2D eigenvalue weighted by molar-refractivity contribution is 1.21. The predicted molar refractivity (Wildman–Crippen MR) is 214 cm³/mol. The zero-order chi connectivity index (χ0) is 34.6. The number of benzene rings is 7. The maximum atomic E-state index is 7.77. The lowest BCUT2D eigenvalue weighted by Gasteiger charge is -2.34. The Kier molecular flexibility index (Phi) is 9.42. The summed E-state index contributed by atoms with van der Waals surface area (Å²) in [5, 5.41) is 0.635. The summed E-state index contributed by atoms with van der Waals surface area (Å²) in [5.41, 5.74) is 13.7. The topological polar surface area (TPSA) is 9.72 Å². The molecule has 246 valence electrons. The zero-order valence-corrected chi connectivity index (χ0v) is 29.6. The summed E-state index contributed by atoms with van der Waals surface area (Å²) in [6.07, 6.45) is 0. The second-order valence-electron chi connectivity index (χ2n) is 12.8. The molecule has 7 aromatic carbocycles. The van der Waals surface area contributed by atoms with Crippen LogP contribution >= 0.6 is 11.6 Å². The van der Waals surface area contributed by atoms with Gasteiger partial charge in [-0.15, -0.1) is 0 Å². The number of nitrogens with zero attached hydrogens (tertiary/aromatic N) is 3. The molecule has 4 heteroatoms. The second-order valence-corrected chi connectivity index (χ2v) is 13.2. The average molecular weight is 670 g/mol. The molecule has 7 aromatic rings. The molecule has 0 bridgehead atoms. The largest absolute Gasteiger partial charge is 0.310 e. The van der Waals surface area contributed by atoms with Crippen LogP contribution in [0.2, 0.25) is 5.02 Å². The van der Waals surface area contributed by atoms with Crippen LogP contribution in [0.25, 0.3) is 0 Å². The summed E-state index contributed by atoms with van der Waals surface area (Å²) in [4.78, 5) is 6.84. The van der Waals surface area contributed by atoms with Gasteiger partial charge in [0.2, 0.25) is 0 Å². The first-order valence-corrected chi connectivity index (χ1v) is 17.3. The molecule has 0 atom stereocenters. The highest BCUT2D eigenvalue weighted by Gasteiger charge is 2.26. The minimum absolute atomic E-state index is 0.635. The van der Waals surface area contributed by atoms with Crippen LogP contribution in [0, 0.1) is 27.7 Å². The molecule has 0 heterocycles.